The second kappa shape index (κ2) is 9.01. The molecule has 0 saturated carbocycles. The van der Waals surface area contributed by atoms with Gasteiger partial charge in [0.05, 0.1) is 10.5 Å². The molecule has 1 aliphatic heterocycles. The molecule has 28 heavy (non-hydrogen) atoms. The molecule has 9 nitrogen and oxygen atoms in total. The fourth-order valence-corrected chi connectivity index (χ4v) is 5.12. The van der Waals surface area contributed by atoms with Crippen LogP contribution in [-0.2, 0) is 19.6 Å². The van der Waals surface area contributed by atoms with E-state index in [2.05, 4.69) is 22.9 Å². The van der Waals surface area contributed by atoms with Crippen molar-refractivity contribution in [3.8, 4) is 0 Å². The Balaban J connectivity index is 2.21. The maximum atomic E-state index is 13.0. The van der Waals surface area contributed by atoms with Crippen molar-refractivity contribution in [2.45, 2.75) is 37.7 Å². The van der Waals surface area contributed by atoms with Crippen LogP contribution in [0.25, 0.3) is 0 Å². The predicted molar refractivity (Wildman–Crippen MR) is 104 cm³/mol. The summed E-state index contributed by atoms with van der Waals surface area (Å²) in [5, 5.41) is 1.80. The molecular formula is C17H22BrN3O6S. The third-order valence-corrected chi connectivity index (χ3v) is 7.32. The number of halogens is 1. The summed E-state index contributed by atoms with van der Waals surface area (Å²) in [7, 11) is -3.79. The minimum atomic E-state index is -3.79. The highest BCUT2D eigenvalue weighted by molar-refractivity contribution is 9.10. The van der Waals surface area contributed by atoms with E-state index in [0.717, 1.165) is 12.8 Å². The number of amides is 3. The summed E-state index contributed by atoms with van der Waals surface area (Å²) in [4.78, 5) is 34.6. The summed E-state index contributed by atoms with van der Waals surface area (Å²) in [6.07, 6.45) is 0.253. The lowest BCUT2D eigenvalue weighted by Gasteiger charge is -2.29. The standard InChI is InChI=1S/C17H22BrN3O6S/c1-10-5-7-21(8-6-10)28(25,26)14-9-12(3-4-13(14)18)16(23)27-11(2)15(22)20-17(19)24/h3-4,9-11H,5-8H2,1-2H3,(H3,19,20,22,24)/t11-/m0/s1. The molecule has 0 bridgehead atoms. The number of carbonyl (C=O) groups is 3. The molecule has 3 N–H and O–H groups in total. The third-order valence-electron chi connectivity index (χ3n) is 4.43. The molecule has 1 fully saturated rings. The van der Waals surface area contributed by atoms with Crippen LogP contribution in [0.5, 0.6) is 0 Å². The number of primary amides is 1. The minimum absolute atomic E-state index is 0.0362. The zero-order chi connectivity index (χ0) is 21.1. The quantitative estimate of drug-likeness (QED) is 0.620. The Hall–Kier alpha value is -1.98. The van der Waals surface area contributed by atoms with Gasteiger partial charge in [0, 0.05) is 17.6 Å². The SMILES string of the molecule is CC1CCN(S(=O)(=O)c2cc(C(=O)O[C@@H](C)C(=O)NC(N)=O)ccc2Br)CC1. The second-order valence-corrected chi connectivity index (χ2v) is 9.39. The average molecular weight is 476 g/mol. The number of hydrogen-bond donors (Lipinski definition) is 2. The lowest BCUT2D eigenvalue weighted by Crippen LogP contribution is -2.42. The Labute approximate surface area is 171 Å². The van der Waals surface area contributed by atoms with Gasteiger partial charge in [0.1, 0.15) is 0 Å². The highest BCUT2D eigenvalue weighted by Gasteiger charge is 2.30. The number of imide groups is 1. The molecule has 1 atom stereocenters. The Morgan fingerprint density at radius 2 is 1.89 bits per heavy atom. The Morgan fingerprint density at radius 1 is 1.29 bits per heavy atom. The molecular weight excluding hydrogens is 454 g/mol. The number of sulfonamides is 1. The van der Waals surface area contributed by atoms with E-state index < -0.39 is 34.0 Å². The fraction of sp³-hybridized carbons (Fsp3) is 0.471. The molecule has 11 heteroatoms. The van der Waals surface area contributed by atoms with E-state index in [-0.39, 0.29) is 10.5 Å². The number of benzene rings is 1. The average Bonchev–Trinajstić information content (AvgIpc) is 2.61. The van der Waals surface area contributed by atoms with Gasteiger partial charge in [0.15, 0.2) is 6.10 Å². The predicted octanol–water partition coefficient (Wildman–Crippen LogP) is 1.61. The van der Waals surface area contributed by atoms with Gasteiger partial charge in [-0.2, -0.15) is 4.31 Å². The van der Waals surface area contributed by atoms with Gasteiger partial charge >= 0.3 is 12.0 Å². The van der Waals surface area contributed by atoms with Crippen LogP contribution >= 0.6 is 15.9 Å². The number of nitrogens with one attached hydrogen (secondary N) is 1. The molecule has 1 saturated heterocycles. The molecule has 1 aliphatic rings. The van der Waals surface area contributed by atoms with Gasteiger partial charge in [0.2, 0.25) is 10.0 Å². The maximum Gasteiger partial charge on any atom is 0.338 e. The normalized spacial score (nSPS) is 17.0. The van der Waals surface area contributed by atoms with Crippen molar-refractivity contribution in [1.82, 2.24) is 9.62 Å². The van der Waals surface area contributed by atoms with Crippen LogP contribution in [0.1, 0.15) is 37.0 Å². The van der Waals surface area contributed by atoms with Crippen LogP contribution < -0.4 is 11.1 Å². The number of rotatable bonds is 5. The lowest BCUT2D eigenvalue weighted by atomic mass is 10.0. The largest absolute Gasteiger partial charge is 0.449 e. The van der Waals surface area contributed by atoms with Gasteiger partial charge in [-0.05, 0) is 59.8 Å². The summed E-state index contributed by atoms with van der Waals surface area (Å²) in [5.74, 6) is -1.32. The van der Waals surface area contributed by atoms with E-state index in [0.29, 0.717) is 23.5 Å². The molecule has 1 heterocycles. The maximum absolute atomic E-state index is 13.0. The van der Waals surface area contributed by atoms with E-state index in [9.17, 15) is 22.8 Å². The van der Waals surface area contributed by atoms with E-state index in [1.807, 2.05) is 0 Å². The first kappa shape index (κ1) is 22.3. The molecule has 1 aromatic rings. The Bertz CT molecular complexity index is 881. The smallest absolute Gasteiger partial charge is 0.338 e. The van der Waals surface area contributed by atoms with Gasteiger partial charge in [-0.25, -0.2) is 18.0 Å². The van der Waals surface area contributed by atoms with Crippen LogP contribution in [0.15, 0.2) is 27.6 Å². The highest BCUT2D eigenvalue weighted by Crippen LogP contribution is 2.29. The van der Waals surface area contributed by atoms with Crippen molar-refractivity contribution in [1.29, 1.82) is 0 Å². The van der Waals surface area contributed by atoms with Gasteiger partial charge < -0.3 is 10.5 Å². The molecule has 1 aromatic carbocycles. The van der Waals surface area contributed by atoms with Crippen molar-refractivity contribution < 1.29 is 27.5 Å². The fourth-order valence-electron chi connectivity index (χ4n) is 2.70. The first-order valence-electron chi connectivity index (χ1n) is 8.63. The van der Waals surface area contributed by atoms with Crippen molar-refractivity contribution in [3.05, 3.63) is 28.2 Å². The van der Waals surface area contributed by atoms with E-state index in [4.69, 9.17) is 10.5 Å². The van der Waals surface area contributed by atoms with Gasteiger partial charge in [-0.15, -0.1) is 0 Å². The van der Waals surface area contributed by atoms with Crippen LogP contribution in [0.3, 0.4) is 0 Å². The zero-order valence-corrected chi connectivity index (χ0v) is 17.9. The molecule has 154 valence electrons. The summed E-state index contributed by atoms with van der Waals surface area (Å²) in [6.45, 7) is 4.16. The molecule has 3 amide bonds. The molecule has 0 aliphatic carbocycles. The molecule has 0 unspecified atom stereocenters. The van der Waals surface area contributed by atoms with Crippen molar-refractivity contribution in [3.63, 3.8) is 0 Å². The first-order chi connectivity index (χ1) is 13.0. The Morgan fingerprint density at radius 3 is 2.46 bits per heavy atom. The van der Waals surface area contributed by atoms with Crippen LogP contribution in [0.2, 0.25) is 0 Å². The van der Waals surface area contributed by atoms with E-state index in [1.54, 1.807) is 5.32 Å². The minimum Gasteiger partial charge on any atom is -0.449 e. The number of hydrogen-bond acceptors (Lipinski definition) is 6. The van der Waals surface area contributed by atoms with Crippen molar-refractivity contribution in [2.75, 3.05) is 13.1 Å². The second-order valence-electron chi connectivity index (χ2n) is 6.63. The number of urea groups is 1. The highest BCUT2D eigenvalue weighted by atomic mass is 79.9. The summed E-state index contributed by atoms with van der Waals surface area (Å²) in [5.41, 5.74) is 4.81. The van der Waals surface area contributed by atoms with Crippen LogP contribution in [-0.4, -0.2) is 49.8 Å². The monoisotopic (exact) mass is 475 g/mol. The number of piperidine rings is 1. The summed E-state index contributed by atoms with van der Waals surface area (Å²) < 4.78 is 32.6. The molecule has 0 radical (unpaired) electrons. The topological polar surface area (TPSA) is 136 Å². The number of esters is 1. The first-order valence-corrected chi connectivity index (χ1v) is 10.9. The number of ether oxygens (including phenoxy) is 1. The summed E-state index contributed by atoms with van der Waals surface area (Å²) in [6, 6.07) is 2.95. The van der Waals surface area contributed by atoms with Crippen LogP contribution in [0.4, 0.5) is 4.79 Å². The van der Waals surface area contributed by atoms with Crippen molar-refractivity contribution >= 4 is 43.9 Å². The van der Waals surface area contributed by atoms with Gasteiger partial charge in [0.25, 0.3) is 5.91 Å². The molecule has 0 spiro atoms. The third kappa shape index (κ3) is 5.30. The van der Waals surface area contributed by atoms with E-state index >= 15 is 0 Å². The number of nitrogens with two attached hydrogens (primary N) is 1. The number of carbonyl (C=O) groups excluding carboxylic acids is 3. The number of nitrogens with zero attached hydrogens (tertiary/aromatic N) is 1. The Kier molecular flexibility index (Phi) is 7.18. The van der Waals surface area contributed by atoms with Gasteiger partial charge in [-0.3, -0.25) is 10.1 Å². The van der Waals surface area contributed by atoms with E-state index in [1.165, 1.54) is 29.4 Å². The molecule has 2 rings (SSSR count). The van der Waals surface area contributed by atoms with Crippen molar-refractivity contribution in [2.24, 2.45) is 11.7 Å². The summed E-state index contributed by atoms with van der Waals surface area (Å²) >= 11 is 3.22. The van der Waals surface area contributed by atoms with Gasteiger partial charge in [-0.1, -0.05) is 6.92 Å². The lowest BCUT2D eigenvalue weighted by molar-refractivity contribution is -0.127. The molecule has 0 aromatic heterocycles. The zero-order valence-electron chi connectivity index (χ0n) is 15.5. The van der Waals surface area contributed by atoms with Crippen LogP contribution in [0, 0.1) is 5.92 Å².